The number of phenolic OH excluding ortho intramolecular Hbond substituents is 1. The van der Waals surface area contributed by atoms with Crippen LogP contribution in [0.5, 0.6) is 5.75 Å². The Labute approximate surface area is 313 Å². The number of para-hydroxylation sites is 4. The molecule has 0 aliphatic carbocycles. The molecule has 1 N–H and O–H groups in total. The van der Waals surface area contributed by atoms with E-state index in [-0.39, 0.29) is 32.2 Å². The number of imidazole rings is 1. The molecule has 252 valence electrons. The second kappa shape index (κ2) is 10.9. The number of rotatable bonds is 2. The Hall–Kier alpha value is -5.77. The van der Waals surface area contributed by atoms with Crippen molar-refractivity contribution in [1.29, 1.82) is 0 Å². The summed E-state index contributed by atoms with van der Waals surface area (Å²) in [6, 6.07) is 46.3. The molecule has 0 radical (unpaired) electrons. The van der Waals surface area contributed by atoms with E-state index in [2.05, 4.69) is 139 Å². The molecule has 0 saturated heterocycles. The average molecular weight is 851 g/mol. The quantitative estimate of drug-likeness (QED) is 0.139. The molecular weight excluding hydrogens is 820 g/mol. The molecule has 0 fully saturated rings. The minimum atomic E-state index is -0.0322. The summed E-state index contributed by atoms with van der Waals surface area (Å²) in [7, 11) is 0. The molecule has 6 aromatic carbocycles. The van der Waals surface area contributed by atoms with Gasteiger partial charge in [0.1, 0.15) is 11.4 Å². The van der Waals surface area contributed by atoms with Crippen molar-refractivity contribution in [1.82, 2.24) is 18.8 Å². The number of aromatic hydroxyl groups is 1. The van der Waals surface area contributed by atoms with Crippen molar-refractivity contribution in [2.24, 2.45) is 0 Å². The Bertz CT molecular complexity index is 3260. The zero-order chi connectivity index (χ0) is 34.2. The standard InChI is InChI=1S/C46H31N4O.Pt/c1-46(2,3)27-21-22-47-35(25-27)26-23-34(41-33-16-8-15-32-29-12-5-6-17-36(29)49(44(32)33)39(41)24-26)31-14-9-19-38-43(31)48-45-42-30(13-10-20-40(42)51)28-11-4-7-18-37(28)50(38)45;/h4-22,24-25,51H,1-3H3;/q-1;. The first-order valence-corrected chi connectivity index (χ1v) is 17.4. The predicted molar refractivity (Wildman–Crippen MR) is 210 cm³/mol. The van der Waals surface area contributed by atoms with Gasteiger partial charge in [0.15, 0.2) is 0 Å². The van der Waals surface area contributed by atoms with E-state index in [1.54, 1.807) is 6.07 Å². The van der Waals surface area contributed by atoms with Crippen LogP contribution in [0.15, 0.2) is 128 Å². The molecule has 0 aliphatic heterocycles. The fraction of sp³-hybridized carbons (Fsp3) is 0.0870. The third-order valence-corrected chi connectivity index (χ3v) is 10.8. The molecule has 5 heterocycles. The number of pyridine rings is 2. The van der Waals surface area contributed by atoms with E-state index in [0.717, 1.165) is 71.6 Å². The molecule has 11 aromatic rings. The summed E-state index contributed by atoms with van der Waals surface area (Å²) in [5.41, 5.74) is 12.1. The summed E-state index contributed by atoms with van der Waals surface area (Å²) in [5.74, 6) is 0.220. The van der Waals surface area contributed by atoms with Crippen molar-refractivity contribution in [2.75, 3.05) is 0 Å². The number of hydrogen-bond donors (Lipinski definition) is 1. The van der Waals surface area contributed by atoms with E-state index in [9.17, 15) is 5.11 Å². The van der Waals surface area contributed by atoms with Crippen LogP contribution in [0.25, 0.3) is 98.8 Å². The number of hydrogen-bond acceptors (Lipinski definition) is 3. The summed E-state index contributed by atoms with van der Waals surface area (Å²) >= 11 is 0. The van der Waals surface area contributed by atoms with Gasteiger partial charge in [-0.1, -0.05) is 128 Å². The first-order chi connectivity index (χ1) is 24.9. The van der Waals surface area contributed by atoms with Crippen molar-refractivity contribution >= 4 is 76.5 Å². The SMILES string of the molecule is CC(C)(C)c1ccnc(-c2[c-]c(-c3cccc4c3nc3c5c(O)cccc5c5ccccc5n43)c3c4cccc5c6ccccc6n(c3c2)c54)c1.[Pt]. The molecule has 0 unspecified atom stereocenters. The van der Waals surface area contributed by atoms with Crippen molar-refractivity contribution in [3.8, 4) is 28.1 Å². The number of phenols is 1. The summed E-state index contributed by atoms with van der Waals surface area (Å²) in [5, 5.41) is 18.9. The van der Waals surface area contributed by atoms with Crippen LogP contribution < -0.4 is 0 Å². The molecule has 6 heteroatoms. The average Bonchev–Trinajstić information content (AvgIpc) is 3.82. The predicted octanol–water partition coefficient (Wildman–Crippen LogP) is 11.5. The number of aromatic nitrogens is 4. The van der Waals surface area contributed by atoms with Gasteiger partial charge in [0, 0.05) is 49.1 Å². The largest absolute Gasteiger partial charge is 0.507 e. The number of nitrogens with zero attached hydrogens (tertiary/aromatic N) is 4. The van der Waals surface area contributed by atoms with Gasteiger partial charge in [-0.2, -0.15) is 0 Å². The van der Waals surface area contributed by atoms with Gasteiger partial charge in [0.05, 0.1) is 33.0 Å². The minimum Gasteiger partial charge on any atom is -0.507 e. The van der Waals surface area contributed by atoms with Gasteiger partial charge in [-0.3, -0.25) is 9.38 Å². The van der Waals surface area contributed by atoms with Crippen LogP contribution in [0.3, 0.4) is 0 Å². The Kier molecular flexibility index (Phi) is 6.48. The summed E-state index contributed by atoms with van der Waals surface area (Å²) in [6.45, 7) is 6.70. The van der Waals surface area contributed by atoms with Gasteiger partial charge >= 0.3 is 0 Å². The van der Waals surface area contributed by atoms with Crippen LogP contribution in [-0.4, -0.2) is 23.9 Å². The molecule has 0 saturated carbocycles. The molecule has 0 atom stereocenters. The Morgan fingerprint density at radius 3 is 2.08 bits per heavy atom. The zero-order valence-electron chi connectivity index (χ0n) is 28.7. The normalized spacial score (nSPS) is 12.4. The van der Waals surface area contributed by atoms with Crippen molar-refractivity contribution in [3.05, 3.63) is 139 Å². The van der Waals surface area contributed by atoms with E-state index >= 15 is 0 Å². The molecular formula is C46H31N4OPt-. The van der Waals surface area contributed by atoms with Gasteiger partial charge in [-0.15, -0.1) is 11.6 Å². The molecule has 5 nitrogen and oxygen atoms in total. The van der Waals surface area contributed by atoms with Gasteiger partial charge in [-0.05, 0) is 57.6 Å². The Balaban J connectivity index is 0.00000338. The maximum atomic E-state index is 11.3. The van der Waals surface area contributed by atoms with Crippen molar-refractivity contribution in [2.45, 2.75) is 26.2 Å². The van der Waals surface area contributed by atoms with Crippen LogP contribution >= 0.6 is 0 Å². The maximum Gasteiger partial charge on any atom is 0.149 e. The van der Waals surface area contributed by atoms with Gasteiger partial charge in [0.2, 0.25) is 0 Å². The van der Waals surface area contributed by atoms with Gasteiger partial charge in [0.25, 0.3) is 0 Å². The number of fused-ring (bicyclic) bond motifs is 14. The Morgan fingerprint density at radius 1 is 0.615 bits per heavy atom. The zero-order valence-corrected chi connectivity index (χ0v) is 30.9. The molecule has 11 rings (SSSR count). The van der Waals surface area contributed by atoms with Crippen molar-refractivity contribution in [3.63, 3.8) is 0 Å². The van der Waals surface area contributed by atoms with Crippen LogP contribution in [0.2, 0.25) is 0 Å². The summed E-state index contributed by atoms with van der Waals surface area (Å²) in [6.07, 6.45) is 1.92. The summed E-state index contributed by atoms with van der Waals surface area (Å²) in [4.78, 5) is 10.3. The fourth-order valence-corrected chi connectivity index (χ4v) is 8.48. The van der Waals surface area contributed by atoms with E-state index in [1.807, 2.05) is 18.3 Å². The molecule has 5 aromatic heterocycles. The molecule has 0 bridgehead atoms. The third kappa shape index (κ3) is 4.09. The number of benzene rings is 6. The molecule has 0 amide bonds. The van der Waals surface area contributed by atoms with E-state index in [0.29, 0.717) is 0 Å². The maximum absolute atomic E-state index is 11.3. The second-order valence-electron chi connectivity index (χ2n) is 14.7. The molecule has 52 heavy (non-hydrogen) atoms. The minimum absolute atomic E-state index is 0. The first-order valence-electron chi connectivity index (χ1n) is 17.4. The monoisotopic (exact) mass is 850 g/mol. The smallest absolute Gasteiger partial charge is 0.149 e. The topological polar surface area (TPSA) is 54.8 Å². The first kappa shape index (κ1) is 31.0. The van der Waals surface area contributed by atoms with Crippen LogP contribution in [0, 0.1) is 6.07 Å². The van der Waals surface area contributed by atoms with Crippen LogP contribution in [0.4, 0.5) is 0 Å². The van der Waals surface area contributed by atoms with Gasteiger partial charge in [-0.25, -0.2) is 4.98 Å². The molecule has 0 aliphatic rings. The van der Waals surface area contributed by atoms with Gasteiger partial charge < -0.3 is 9.51 Å². The van der Waals surface area contributed by atoms with Crippen LogP contribution in [0.1, 0.15) is 26.3 Å². The summed E-state index contributed by atoms with van der Waals surface area (Å²) < 4.78 is 4.62. The fourth-order valence-electron chi connectivity index (χ4n) is 8.48. The van der Waals surface area contributed by atoms with E-state index in [4.69, 9.17) is 9.97 Å². The van der Waals surface area contributed by atoms with E-state index in [1.165, 1.54) is 32.8 Å². The van der Waals surface area contributed by atoms with Crippen LogP contribution in [-0.2, 0) is 26.5 Å². The third-order valence-electron chi connectivity index (χ3n) is 10.8. The van der Waals surface area contributed by atoms with E-state index < -0.39 is 0 Å². The second-order valence-corrected chi connectivity index (χ2v) is 14.7. The van der Waals surface area contributed by atoms with Crippen molar-refractivity contribution < 1.29 is 26.2 Å². The Morgan fingerprint density at radius 2 is 1.27 bits per heavy atom. The molecule has 0 spiro atoms.